The van der Waals surface area contributed by atoms with Crippen LogP contribution in [0.1, 0.15) is 13.3 Å². The largest absolute Gasteiger partial charge is 0.460 e. The van der Waals surface area contributed by atoms with E-state index in [9.17, 15) is 9.59 Å². The van der Waals surface area contributed by atoms with Crippen LogP contribution >= 0.6 is 0 Å². The molecular weight excluding hydrogens is 252 g/mol. The van der Waals surface area contributed by atoms with E-state index in [0.29, 0.717) is 13.2 Å². The predicted molar refractivity (Wildman–Crippen MR) is 69.4 cm³/mol. The third-order valence-electron chi connectivity index (χ3n) is 1.85. The van der Waals surface area contributed by atoms with E-state index in [2.05, 4.69) is 0 Å². The second kappa shape index (κ2) is 10.2. The van der Waals surface area contributed by atoms with Gasteiger partial charge in [0.1, 0.15) is 13.2 Å². The number of amides is 1. The van der Waals surface area contributed by atoms with Crippen LogP contribution in [-0.2, 0) is 19.0 Å². The number of esters is 1. The van der Waals surface area contributed by atoms with Gasteiger partial charge in [0.05, 0.1) is 12.3 Å². The van der Waals surface area contributed by atoms with Crippen molar-refractivity contribution in [3.05, 3.63) is 11.8 Å². The minimum absolute atomic E-state index is 0.120. The fourth-order valence-electron chi connectivity index (χ4n) is 0.956. The first-order valence-electron chi connectivity index (χ1n) is 6.02. The van der Waals surface area contributed by atoms with Crippen molar-refractivity contribution in [2.24, 2.45) is 5.73 Å². The van der Waals surface area contributed by atoms with E-state index in [4.69, 9.17) is 19.9 Å². The molecule has 0 aromatic rings. The highest BCUT2D eigenvalue weighted by Crippen LogP contribution is 1.93. The van der Waals surface area contributed by atoms with E-state index in [1.807, 2.05) is 6.92 Å². The molecule has 0 unspecified atom stereocenters. The van der Waals surface area contributed by atoms with Gasteiger partial charge in [-0.1, -0.05) is 6.92 Å². The number of hydrogen-bond acceptors (Lipinski definition) is 6. The van der Waals surface area contributed by atoms with Crippen LogP contribution in [0.25, 0.3) is 0 Å². The van der Waals surface area contributed by atoms with Crippen molar-refractivity contribution in [2.75, 3.05) is 40.5 Å². The molecule has 2 N–H and O–H groups in total. The van der Waals surface area contributed by atoms with Crippen LogP contribution in [0.2, 0.25) is 0 Å². The van der Waals surface area contributed by atoms with Gasteiger partial charge < -0.3 is 24.8 Å². The first-order valence-corrected chi connectivity index (χ1v) is 6.02. The lowest BCUT2D eigenvalue weighted by Crippen LogP contribution is -2.25. The van der Waals surface area contributed by atoms with Crippen LogP contribution in [0, 0.1) is 0 Å². The second-order valence-corrected chi connectivity index (χ2v) is 3.95. The fraction of sp³-hybridized carbons (Fsp3) is 0.667. The molecule has 0 saturated carbocycles. The Labute approximate surface area is 113 Å². The third kappa shape index (κ3) is 9.90. The van der Waals surface area contributed by atoms with Crippen LogP contribution in [0.4, 0.5) is 4.79 Å². The summed E-state index contributed by atoms with van der Waals surface area (Å²) in [4.78, 5) is 23.6. The predicted octanol–water partition coefficient (Wildman–Crippen LogP) is 0.497. The molecule has 0 spiro atoms. The lowest BCUT2D eigenvalue weighted by molar-refractivity contribution is -0.139. The lowest BCUT2D eigenvalue weighted by Gasteiger charge is -2.10. The van der Waals surface area contributed by atoms with E-state index < -0.39 is 12.1 Å². The van der Waals surface area contributed by atoms with Crippen molar-refractivity contribution in [3.63, 3.8) is 0 Å². The highest BCUT2D eigenvalue weighted by atomic mass is 16.6. The van der Waals surface area contributed by atoms with Crippen molar-refractivity contribution in [3.8, 4) is 0 Å². The Morgan fingerprint density at radius 2 is 1.84 bits per heavy atom. The number of nitrogens with two attached hydrogens (primary N) is 1. The number of ether oxygens (including phenoxy) is 3. The van der Waals surface area contributed by atoms with Crippen LogP contribution in [0.5, 0.6) is 0 Å². The molecule has 0 rings (SSSR count). The fourth-order valence-corrected chi connectivity index (χ4v) is 0.956. The Morgan fingerprint density at radius 3 is 2.42 bits per heavy atom. The molecule has 0 aliphatic heterocycles. The van der Waals surface area contributed by atoms with Crippen LogP contribution in [0.3, 0.4) is 0 Å². The molecule has 0 saturated heterocycles. The van der Waals surface area contributed by atoms with Gasteiger partial charge >= 0.3 is 12.1 Å². The van der Waals surface area contributed by atoms with E-state index in [1.54, 1.807) is 14.1 Å². The van der Waals surface area contributed by atoms with Gasteiger partial charge in [0.15, 0.2) is 0 Å². The van der Waals surface area contributed by atoms with E-state index in [1.165, 1.54) is 4.90 Å². The van der Waals surface area contributed by atoms with Crippen molar-refractivity contribution in [1.29, 1.82) is 0 Å². The Hall–Kier alpha value is -1.76. The van der Waals surface area contributed by atoms with Crippen molar-refractivity contribution < 1.29 is 23.8 Å². The Morgan fingerprint density at radius 1 is 1.16 bits per heavy atom. The highest BCUT2D eigenvalue weighted by molar-refractivity contribution is 5.82. The van der Waals surface area contributed by atoms with E-state index >= 15 is 0 Å². The maximum Gasteiger partial charge on any atom is 0.409 e. The zero-order valence-electron chi connectivity index (χ0n) is 11.7. The average molecular weight is 274 g/mol. The molecule has 0 bridgehead atoms. The van der Waals surface area contributed by atoms with Crippen LogP contribution in [0.15, 0.2) is 11.8 Å². The molecule has 7 heteroatoms. The summed E-state index contributed by atoms with van der Waals surface area (Å²) in [6, 6.07) is 0. The summed E-state index contributed by atoms with van der Waals surface area (Å²) in [6.07, 6.45) is 1.47. The minimum Gasteiger partial charge on any atom is -0.460 e. The number of carbonyl (C=O) groups is 2. The van der Waals surface area contributed by atoms with Crippen molar-refractivity contribution >= 4 is 12.1 Å². The zero-order valence-corrected chi connectivity index (χ0v) is 11.7. The van der Waals surface area contributed by atoms with Gasteiger partial charge in [0.25, 0.3) is 0 Å². The molecule has 0 radical (unpaired) electrons. The van der Waals surface area contributed by atoms with Gasteiger partial charge in [-0.2, -0.15) is 0 Å². The molecular formula is C12H22N2O5. The summed E-state index contributed by atoms with van der Waals surface area (Å²) in [5, 5.41) is 0. The van der Waals surface area contributed by atoms with E-state index in [0.717, 1.165) is 12.5 Å². The smallest absolute Gasteiger partial charge is 0.409 e. The summed E-state index contributed by atoms with van der Waals surface area (Å²) in [5.74, 6) is -0.585. The van der Waals surface area contributed by atoms with E-state index in [-0.39, 0.29) is 18.9 Å². The molecule has 0 heterocycles. The highest BCUT2D eigenvalue weighted by Gasteiger charge is 2.06. The number of nitrogens with zero attached hydrogens (tertiary/aromatic N) is 1. The molecule has 0 atom stereocenters. The topological polar surface area (TPSA) is 91.1 Å². The maximum absolute atomic E-state index is 11.3. The van der Waals surface area contributed by atoms with Crippen LogP contribution < -0.4 is 5.73 Å². The molecule has 1 amide bonds. The number of carbonyl (C=O) groups excluding carboxylic acids is 2. The van der Waals surface area contributed by atoms with Gasteiger partial charge in [0.2, 0.25) is 0 Å². The molecule has 110 valence electrons. The lowest BCUT2D eigenvalue weighted by atomic mass is 10.4. The Bertz CT molecular complexity index is 315. The normalized spacial score (nSPS) is 11.0. The number of hydrogen-bond donors (Lipinski definition) is 1. The quantitative estimate of drug-likeness (QED) is 0.393. The average Bonchev–Trinajstić information content (AvgIpc) is 2.35. The Balaban J connectivity index is 3.81. The molecule has 0 aromatic heterocycles. The summed E-state index contributed by atoms with van der Waals surface area (Å²) in [6.45, 7) is 2.99. The monoisotopic (exact) mass is 274 g/mol. The summed E-state index contributed by atoms with van der Waals surface area (Å²) in [7, 11) is 3.10. The first kappa shape index (κ1) is 17.2. The SMILES string of the molecule is CCCOCCOC(=O)/C=C(\N)COC(=O)N(C)C. The van der Waals surface area contributed by atoms with Crippen molar-refractivity contribution in [2.45, 2.75) is 13.3 Å². The van der Waals surface area contributed by atoms with Crippen molar-refractivity contribution in [1.82, 2.24) is 4.90 Å². The second-order valence-electron chi connectivity index (χ2n) is 3.95. The molecule has 0 aromatic carbocycles. The molecule has 0 fully saturated rings. The van der Waals surface area contributed by atoms with Gasteiger partial charge in [-0.05, 0) is 6.42 Å². The van der Waals surface area contributed by atoms with Gasteiger partial charge in [0, 0.05) is 26.8 Å². The van der Waals surface area contributed by atoms with Gasteiger partial charge in [-0.15, -0.1) is 0 Å². The standard InChI is InChI=1S/C12H22N2O5/c1-4-5-17-6-7-18-11(15)8-10(13)9-19-12(16)14(2)3/h8H,4-7,9,13H2,1-3H3/b10-8-. The summed E-state index contributed by atoms with van der Waals surface area (Å²) in [5.41, 5.74) is 5.63. The minimum atomic E-state index is -0.585. The molecule has 7 nitrogen and oxygen atoms in total. The third-order valence-corrected chi connectivity index (χ3v) is 1.85. The zero-order chi connectivity index (χ0) is 14.7. The van der Waals surface area contributed by atoms with Gasteiger partial charge in [-0.25, -0.2) is 9.59 Å². The van der Waals surface area contributed by atoms with Gasteiger partial charge in [-0.3, -0.25) is 0 Å². The molecule has 0 aliphatic rings. The molecule has 19 heavy (non-hydrogen) atoms. The molecule has 0 aliphatic carbocycles. The summed E-state index contributed by atoms with van der Waals surface area (Å²) < 4.78 is 14.8. The Kier molecular flexibility index (Phi) is 9.25. The number of rotatable bonds is 8. The summed E-state index contributed by atoms with van der Waals surface area (Å²) >= 11 is 0. The first-order chi connectivity index (χ1) is 8.97. The van der Waals surface area contributed by atoms with Crippen LogP contribution in [-0.4, -0.2) is 57.5 Å². The maximum atomic E-state index is 11.3.